The van der Waals surface area contributed by atoms with Crippen molar-refractivity contribution in [2.45, 2.75) is 0 Å². The number of hydrogen-bond acceptors (Lipinski definition) is 1. The number of benzene rings is 2. The molecular formula is C14H11F2NO. The van der Waals surface area contributed by atoms with Crippen LogP contribution in [0.1, 0.15) is 10.4 Å². The zero-order chi connectivity index (χ0) is 13.1. The van der Waals surface area contributed by atoms with Gasteiger partial charge >= 0.3 is 0 Å². The van der Waals surface area contributed by atoms with Gasteiger partial charge in [0.15, 0.2) is 0 Å². The summed E-state index contributed by atoms with van der Waals surface area (Å²) in [6.45, 7) is 0. The molecule has 4 heteroatoms. The van der Waals surface area contributed by atoms with Crippen LogP contribution in [0, 0.1) is 11.6 Å². The molecule has 1 amide bonds. The quantitative estimate of drug-likeness (QED) is 0.868. The van der Waals surface area contributed by atoms with Gasteiger partial charge in [-0.3, -0.25) is 4.79 Å². The van der Waals surface area contributed by atoms with Gasteiger partial charge in [0.25, 0.3) is 5.91 Å². The Morgan fingerprint density at radius 3 is 2.56 bits per heavy atom. The van der Waals surface area contributed by atoms with E-state index in [1.54, 1.807) is 6.07 Å². The Kier molecular flexibility index (Phi) is 3.37. The second-order valence-corrected chi connectivity index (χ2v) is 3.78. The summed E-state index contributed by atoms with van der Waals surface area (Å²) in [5.41, 5.74) is 0.937. The Bertz CT molecular complexity index is 596. The van der Waals surface area contributed by atoms with Gasteiger partial charge in [0.05, 0.1) is 0 Å². The number of nitrogens with one attached hydrogen (secondary N) is 1. The van der Waals surface area contributed by atoms with Gasteiger partial charge < -0.3 is 5.32 Å². The SMILES string of the molecule is CNC(=O)c1ccc(F)c(-c2cccc(F)c2)c1. The zero-order valence-electron chi connectivity index (χ0n) is 9.71. The molecule has 0 aromatic heterocycles. The summed E-state index contributed by atoms with van der Waals surface area (Å²) < 4.78 is 26.8. The lowest BCUT2D eigenvalue weighted by Gasteiger charge is -2.06. The van der Waals surface area contributed by atoms with Gasteiger partial charge in [-0.2, -0.15) is 0 Å². The Labute approximate surface area is 103 Å². The van der Waals surface area contributed by atoms with Crippen LogP contribution in [0.3, 0.4) is 0 Å². The predicted molar refractivity (Wildman–Crippen MR) is 65.2 cm³/mol. The Morgan fingerprint density at radius 1 is 1.11 bits per heavy atom. The Balaban J connectivity index is 2.53. The van der Waals surface area contributed by atoms with E-state index in [1.165, 1.54) is 43.4 Å². The van der Waals surface area contributed by atoms with Crippen LogP contribution < -0.4 is 5.32 Å². The molecule has 0 heterocycles. The highest BCUT2D eigenvalue weighted by Gasteiger charge is 2.10. The third-order valence-corrected chi connectivity index (χ3v) is 2.59. The average molecular weight is 247 g/mol. The van der Waals surface area contributed by atoms with E-state index >= 15 is 0 Å². The first-order chi connectivity index (χ1) is 8.61. The molecule has 0 saturated carbocycles. The van der Waals surface area contributed by atoms with Gasteiger partial charge in [0.2, 0.25) is 0 Å². The fourth-order valence-electron chi connectivity index (χ4n) is 1.69. The molecule has 0 unspecified atom stereocenters. The van der Waals surface area contributed by atoms with E-state index in [0.29, 0.717) is 11.1 Å². The fraction of sp³-hybridized carbons (Fsp3) is 0.0714. The van der Waals surface area contributed by atoms with Crippen molar-refractivity contribution in [3.05, 3.63) is 59.7 Å². The molecule has 92 valence electrons. The first-order valence-electron chi connectivity index (χ1n) is 5.39. The van der Waals surface area contributed by atoms with Crippen LogP contribution in [-0.4, -0.2) is 13.0 Å². The highest BCUT2D eigenvalue weighted by atomic mass is 19.1. The van der Waals surface area contributed by atoms with E-state index in [2.05, 4.69) is 5.32 Å². The highest BCUT2D eigenvalue weighted by Crippen LogP contribution is 2.24. The summed E-state index contributed by atoms with van der Waals surface area (Å²) >= 11 is 0. The minimum absolute atomic E-state index is 0.204. The van der Waals surface area contributed by atoms with Gasteiger partial charge in [-0.05, 0) is 35.9 Å². The maximum absolute atomic E-state index is 13.7. The van der Waals surface area contributed by atoms with Crippen molar-refractivity contribution in [3.8, 4) is 11.1 Å². The molecule has 0 saturated heterocycles. The van der Waals surface area contributed by atoms with Crippen molar-refractivity contribution >= 4 is 5.91 Å². The van der Waals surface area contributed by atoms with Crippen LogP contribution >= 0.6 is 0 Å². The third kappa shape index (κ3) is 2.37. The zero-order valence-corrected chi connectivity index (χ0v) is 9.71. The maximum atomic E-state index is 13.7. The number of rotatable bonds is 2. The second kappa shape index (κ2) is 4.96. The molecule has 0 bridgehead atoms. The van der Waals surface area contributed by atoms with Crippen molar-refractivity contribution in [2.24, 2.45) is 0 Å². The number of halogens is 2. The van der Waals surface area contributed by atoms with Gasteiger partial charge in [0, 0.05) is 18.2 Å². The van der Waals surface area contributed by atoms with Crippen molar-refractivity contribution in [3.63, 3.8) is 0 Å². The third-order valence-electron chi connectivity index (χ3n) is 2.59. The summed E-state index contributed by atoms with van der Waals surface area (Å²) in [6.07, 6.45) is 0. The lowest BCUT2D eigenvalue weighted by atomic mass is 10.0. The Morgan fingerprint density at radius 2 is 1.89 bits per heavy atom. The lowest BCUT2D eigenvalue weighted by Crippen LogP contribution is -2.17. The minimum atomic E-state index is -0.492. The molecule has 2 aromatic rings. The molecular weight excluding hydrogens is 236 g/mol. The van der Waals surface area contributed by atoms with Gasteiger partial charge in [0.1, 0.15) is 11.6 Å². The molecule has 0 aliphatic rings. The largest absolute Gasteiger partial charge is 0.355 e. The molecule has 2 nitrogen and oxygen atoms in total. The van der Waals surface area contributed by atoms with Crippen molar-refractivity contribution in [1.82, 2.24) is 5.32 Å². The summed E-state index contributed by atoms with van der Waals surface area (Å²) in [6, 6.07) is 9.59. The predicted octanol–water partition coefficient (Wildman–Crippen LogP) is 2.99. The van der Waals surface area contributed by atoms with Gasteiger partial charge in [-0.1, -0.05) is 12.1 Å². The van der Waals surface area contributed by atoms with Crippen LogP contribution in [0.4, 0.5) is 8.78 Å². The normalized spacial score (nSPS) is 10.2. The van der Waals surface area contributed by atoms with Crippen molar-refractivity contribution < 1.29 is 13.6 Å². The maximum Gasteiger partial charge on any atom is 0.251 e. The van der Waals surface area contributed by atoms with Crippen molar-refractivity contribution in [1.29, 1.82) is 0 Å². The second-order valence-electron chi connectivity index (χ2n) is 3.78. The topological polar surface area (TPSA) is 29.1 Å². The molecule has 0 fully saturated rings. The van der Waals surface area contributed by atoms with Crippen LogP contribution in [0.5, 0.6) is 0 Å². The van der Waals surface area contributed by atoms with E-state index in [4.69, 9.17) is 0 Å². The first kappa shape index (κ1) is 12.2. The van der Waals surface area contributed by atoms with E-state index in [0.717, 1.165) is 0 Å². The Hall–Kier alpha value is -2.23. The summed E-state index contributed by atoms with van der Waals surface area (Å²) in [4.78, 5) is 11.5. The molecule has 0 radical (unpaired) electrons. The number of amides is 1. The van der Waals surface area contributed by atoms with Crippen LogP contribution in [0.25, 0.3) is 11.1 Å². The summed E-state index contributed by atoms with van der Waals surface area (Å²) in [5.74, 6) is -1.25. The monoisotopic (exact) mass is 247 g/mol. The summed E-state index contributed by atoms with van der Waals surface area (Å²) in [7, 11) is 1.49. The minimum Gasteiger partial charge on any atom is -0.355 e. The molecule has 2 aromatic carbocycles. The van der Waals surface area contributed by atoms with Crippen LogP contribution in [-0.2, 0) is 0 Å². The van der Waals surface area contributed by atoms with E-state index in [-0.39, 0.29) is 11.5 Å². The molecule has 2 rings (SSSR count). The molecule has 18 heavy (non-hydrogen) atoms. The summed E-state index contributed by atoms with van der Waals surface area (Å²) in [5, 5.41) is 2.46. The van der Waals surface area contributed by atoms with E-state index in [9.17, 15) is 13.6 Å². The average Bonchev–Trinajstić information content (AvgIpc) is 2.38. The van der Waals surface area contributed by atoms with E-state index in [1.807, 2.05) is 0 Å². The van der Waals surface area contributed by atoms with Gasteiger partial charge in [-0.25, -0.2) is 8.78 Å². The lowest BCUT2D eigenvalue weighted by molar-refractivity contribution is 0.0963. The van der Waals surface area contributed by atoms with Crippen LogP contribution in [0.15, 0.2) is 42.5 Å². The number of carbonyl (C=O) groups is 1. The van der Waals surface area contributed by atoms with E-state index < -0.39 is 11.6 Å². The standard InChI is InChI=1S/C14H11F2NO/c1-17-14(18)10-5-6-13(16)12(8-10)9-3-2-4-11(15)7-9/h2-8H,1H3,(H,17,18). The molecule has 0 aliphatic heterocycles. The fourth-order valence-corrected chi connectivity index (χ4v) is 1.69. The van der Waals surface area contributed by atoms with Crippen LogP contribution in [0.2, 0.25) is 0 Å². The van der Waals surface area contributed by atoms with Crippen molar-refractivity contribution in [2.75, 3.05) is 7.05 Å². The van der Waals surface area contributed by atoms with Gasteiger partial charge in [-0.15, -0.1) is 0 Å². The molecule has 1 N–H and O–H groups in total. The first-order valence-corrected chi connectivity index (χ1v) is 5.39. The molecule has 0 aliphatic carbocycles. The molecule has 0 atom stereocenters. The smallest absolute Gasteiger partial charge is 0.251 e. The molecule has 0 spiro atoms. The number of carbonyl (C=O) groups excluding carboxylic acids is 1. The highest BCUT2D eigenvalue weighted by molar-refractivity contribution is 5.95. The number of hydrogen-bond donors (Lipinski definition) is 1.